The number of likely N-dealkylation sites (tertiary alicyclic amines) is 1. The predicted octanol–water partition coefficient (Wildman–Crippen LogP) is 1.34. The number of methoxy groups -OCH3 is 1. The summed E-state index contributed by atoms with van der Waals surface area (Å²) in [6.45, 7) is 3.14. The Labute approximate surface area is 129 Å². The lowest BCUT2D eigenvalue weighted by molar-refractivity contribution is -0.143. The number of urea groups is 1. The molecule has 2 N–H and O–H groups in total. The molecule has 2 heterocycles. The lowest BCUT2D eigenvalue weighted by atomic mass is 9.91. The molecule has 120 valence electrons. The van der Waals surface area contributed by atoms with Gasteiger partial charge in [0.1, 0.15) is 0 Å². The summed E-state index contributed by atoms with van der Waals surface area (Å²) in [5.74, 6) is -0.662. The Hall–Kier alpha value is -2.31. The average molecular weight is 307 g/mol. The molecule has 1 aliphatic heterocycles. The first kappa shape index (κ1) is 16.1. The molecule has 1 saturated heterocycles. The number of amides is 2. The van der Waals surface area contributed by atoms with Gasteiger partial charge < -0.3 is 20.1 Å². The van der Waals surface area contributed by atoms with Crippen LogP contribution in [0.25, 0.3) is 0 Å². The number of aliphatic carboxylic acids is 1. The van der Waals surface area contributed by atoms with E-state index in [2.05, 4.69) is 10.3 Å². The Morgan fingerprint density at radius 2 is 2.27 bits per heavy atom. The van der Waals surface area contributed by atoms with Crippen molar-refractivity contribution in [2.45, 2.75) is 19.9 Å². The van der Waals surface area contributed by atoms with Crippen LogP contribution in [0.5, 0.6) is 5.88 Å². The first-order valence-corrected chi connectivity index (χ1v) is 7.24. The van der Waals surface area contributed by atoms with Crippen molar-refractivity contribution < 1.29 is 19.4 Å². The number of pyridine rings is 1. The number of piperidine rings is 1. The zero-order valence-electron chi connectivity index (χ0n) is 12.8. The topological polar surface area (TPSA) is 91.8 Å². The zero-order chi connectivity index (χ0) is 16.1. The van der Waals surface area contributed by atoms with Gasteiger partial charge >= 0.3 is 12.0 Å². The Morgan fingerprint density at radius 1 is 1.50 bits per heavy atom. The minimum Gasteiger partial charge on any atom is -0.481 e. The SMILES string of the molecule is COc1cc(CNC(=O)N2CC(C)CC(C(=O)O)C2)ccn1. The summed E-state index contributed by atoms with van der Waals surface area (Å²) in [5, 5.41) is 12.0. The van der Waals surface area contributed by atoms with Gasteiger partial charge in [0, 0.05) is 31.9 Å². The fraction of sp³-hybridized carbons (Fsp3) is 0.533. The predicted molar refractivity (Wildman–Crippen MR) is 79.5 cm³/mol. The normalized spacial score (nSPS) is 21.3. The third-order valence-electron chi connectivity index (χ3n) is 3.75. The van der Waals surface area contributed by atoms with Crippen LogP contribution >= 0.6 is 0 Å². The molecule has 0 bridgehead atoms. The van der Waals surface area contributed by atoms with E-state index in [-0.39, 0.29) is 18.5 Å². The molecule has 2 rings (SSSR count). The van der Waals surface area contributed by atoms with Crippen LogP contribution in [-0.2, 0) is 11.3 Å². The molecule has 2 amide bonds. The first-order chi connectivity index (χ1) is 10.5. The Kier molecular flexibility index (Phi) is 5.19. The third kappa shape index (κ3) is 4.09. The van der Waals surface area contributed by atoms with E-state index in [1.807, 2.05) is 6.92 Å². The monoisotopic (exact) mass is 307 g/mol. The van der Waals surface area contributed by atoms with E-state index in [0.29, 0.717) is 25.4 Å². The molecule has 2 unspecified atom stereocenters. The molecule has 2 atom stereocenters. The average Bonchev–Trinajstić information content (AvgIpc) is 2.52. The van der Waals surface area contributed by atoms with Gasteiger partial charge in [0.25, 0.3) is 0 Å². The molecule has 1 aliphatic rings. The van der Waals surface area contributed by atoms with Crippen LogP contribution in [0.3, 0.4) is 0 Å². The molecule has 1 fully saturated rings. The smallest absolute Gasteiger partial charge is 0.317 e. The lowest BCUT2D eigenvalue weighted by Crippen LogP contribution is -2.49. The van der Waals surface area contributed by atoms with Crippen molar-refractivity contribution >= 4 is 12.0 Å². The number of aromatic nitrogens is 1. The Morgan fingerprint density at radius 3 is 2.95 bits per heavy atom. The summed E-state index contributed by atoms with van der Waals surface area (Å²) < 4.78 is 5.03. The minimum absolute atomic E-state index is 0.182. The molecule has 7 nitrogen and oxygen atoms in total. The van der Waals surface area contributed by atoms with Crippen molar-refractivity contribution in [3.8, 4) is 5.88 Å². The van der Waals surface area contributed by atoms with E-state index in [0.717, 1.165) is 5.56 Å². The molecule has 1 aromatic rings. The molecule has 0 aliphatic carbocycles. The van der Waals surface area contributed by atoms with Gasteiger partial charge in [0.2, 0.25) is 5.88 Å². The van der Waals surface area contributed by atoms with Gasteiger partial charge in [-0.2, -0.15) is 0 Å². The number of carbonyl (C=O) groups is 2. The number of nitrogens with one attached hydrogen (secondary N) is 1. The standard InChI is InChI=1S/C15H21N3O4/c1-10-5-12(14(19)20)9-18(8-10)15(21)17-7-11-3-4-16-13(6-11)22-2/h3-4,6,10,12H,5,7-9H2,1-2H3,(H,17,21)(H,19,20). The highest BCUT2D eigenvalue weighted by atomic mass is 16.5. The second-order valence-corrected chi connectivity index (χ2v) is 5.65. The lowest BCUT2D eigenvalue weighted by Gasteiger charge is -2.34. The largest absolute Gasteiger partial charge is 0.481 e. The summed E-state index contributed by atoms with van der Waals surface area (Å²) in [4.78, 5) is 28.9. The fourth-order valence-electron chi connectivity index (χ4n) is 2.66. The summed E-state index contributed by atoms with van der Waals surface area (Å²) >= 11 is 0. The molecule has 1 aromatic heterocycles. The van der Waals surface area contributed by atoms with Crippen molar-refractivity contribution in [2.24, 2.45) is 11.8 Å². The van der Waals surface area contributed by atoms with Crippen molar-refractivity contribution in [3.63, 3.8) is 0 Å². The molecule has 7 heteroatoms. The van der Waals surface area contributed by atoms with Gasteiger partial charge in [-0.1, -0.05) is 6.92 Å². The van der Waals surface area contributed by atoms with Gasteiger partial charge in [-0.15, -0.1) is 0 Å². The van der Waals surface area contributed by atoms with Gasteiger partial charge in [0.15, 0.2) is 0 Å². The number of carboxylic acid groups (broad SMARTS) is 1. The number of nitrogens with zero attached hydrogens (tertiary/aromatic N) is 2. The number of rotatable bonds is 4. The highest BCUT2D eigenvalue weighted by molar-refractivity contribution is 5.76. The maximum absolute atomic E-state index is 12.2. The van der Waals surface area contributed by atoms with E-state index >= 15 is 0 Å². The van der Waals surface area contributed by atoms with Gasteiger partial charge in [-0.05, 0) is 24.0 Å². The summed E-state index contributed by atoms with van der Waals surface area (Å²) in [7, 11) is 1.53. The van der Waals surface area contributed by atoms with Gasteiger partial charge in [-0.3, -0.25) is 4.79 Å². The fourth-order valence-corrected chi connectivity index (χ4v) is 2.66. The number of carbonyl (C=O) groups excluding carboxylic acids is 1. The minimum atomic E-state index is -0.844. The highest BCUT2D eigenvalue weighted by Gasteiger charge is 2.31. The van der Waals surface area contributed by atoms with Crippen molar-refractivity contribution in [3.05, 3.63) is 23.9 Å². The molecular weight excluding hydrogens is 286 g/mol. The number of carboxylic acids is 1. The maximum Gasteiger partial charge on any atom is 0.317 e. The molecular formula is C15H21N3O4. The highest BCUT2D eigenvalue weighted by Crippen LogP contribution is 2.21. The van der Waals surface area contributed by atoms with Gasteiger partial charge in [0.05, 0.1) is 13.0 Å². The van der Waals surface area contributed by atoms with Crippen molar-refractivity contribution in [1.29, 1.82) is 0 Å². The van der Waals surface area contributed by atoms with Crippen LogP contribution in [0.2, 0.25) is 0 Å². The van der Waals surface area contributed by atoms with E-state index in [4.69, 9.17) is 9.84 Å². The van der Waals surface area contributed by atoms with Crippen LogP contribution < -0.4 is 10.1 Å². The van der Waals surface area contributed by atoms with Crippen LogP contribution in [0.15, 0.2) is 18.3 Å². The second kappa shape index (κ2) is 7.11. The molecule has 22 heavy (non-hydrogen) atoms. The Balaban J connectivity index is 1.92. The number of ether oxygens (including phenoxy) is 1. The zero-order valence-corrected chi connectivity index (χ0v) is 12.8. The van der Waals surface area contributed by atoms with E-state index in [9.17, 15) is 9.59 Å². The number of hydrogen-bond donors (Lipinski definition) is 2. The van der Waals surface area contributed by atoms with Gasteiger partial charge in [-0.25, -0.2) is 9.78 Å². The molecule has 0 aromatic carbocycles. The van der Waals surface area contributed by atoms with E-state index < -0.39 is 11.9 Å². The Bertz CT molecular complexity index is 549. The van der Waals surface area contributed by atoms with Crippen molar-refractivity contribution in [1.82, 2.24) is 15.2 Å². The van der Waals surface area contributed by atoms with Crippen molar-refractivity contribution in [2.75, 3.05) is 20.2 Å². The second-order valence-electron chi connectivity index (χ2n) is 5.65. The first-order valence-electron chi connectivity index (χ1n) is 7.24. The van der Waals surface area contributed by atoms with Crippen LogP contribution in [0.1, 0.15) is 18.9 Å². The van der Waals surface area contributed by atoms with E-state index in [1.54, 1.807) is 23.2 Å². The third-order valence-corrected chi connectivity index (χ3v) is 3.75. The van der Waals surface area contributed by atoms with Crippen LogP contribution in [-0.4, -0.2) is 47.2 Å². The quantitative estimate of drug-likeness (QED) is 0.876. The van der Waals surface area contributed by atoms with Crippen LogP contribution in [0, 0.1) is 11.8 Å². The van der Waals surface area contributed by atoms with E-state index in [1.165, 1.54) is 7.11 Å². The maximum atomic E-state index is 12.2. The summed E-state index contributed by atoms with van der Waals surface area (Å²) in [6, 6.07) is 3.30. The molecule has 0 spiro atoms. The molecule has 0 radical (unpaired) electrons. The number of hydrogen-bond acceptors (Lipinski definition) is 4. The van der Waals surface area contributed by atoms with Crippen LogP contribution in [0.4, 0.5) is 4.79 Å². The molecule has 0 saturated carbocycles. The summed E-state index contributed by atoms with van der Waals surface area (Å²) in [6.07, 6.45) is 2.23. The summed E-state index contributed by atoms with van der Waals surface area (Å²) in [5.41, 5.74) is 0.875.